The van der Waals surface area contributed by atoms with Gasteiger partial charge in [-0.3, -0.25) is 9.89 Å². The SMILES string of the molecule is NC(=NO)c1cn[nH]c1NC(=O)c1ccc(O)cc1. The summed E-state index contributed by atoms with van der Waals surface area (Å²) in [4.78, 5) is 11.9. The molecule has 6 N–H and O–H groups in total. The Bertz CT molecular complexity index is 618. The minimum absolute atomic E-state index is 0.0652. The molecule has 0 unspecified atom stereocenters. The van der Waals surface area contributed by atoms with Gasteiger partial charge >= 0.3 is 0 Å². The number of aromatic hydroxyl groups is 1. The van der Waals surface area contributed by atoms with Crippen molar-refractivity contribution in [3.05, 3.63) is 41.6 Å². The fourth-order valence-corrected chi connectivity index (χ4v) is 1.43. The molecule has 98 valence electrons. The zero-order valence-electron chi connectivity index (χ0n) is 9.66. The van der Waals surface area contributed by atoms with Crippen molar-refractivity contribution in [1.29, 1.82) is 0 Å². The summed E-state index contributed by atoms with van der Waals surface area (Å²) in [6.45, 7) is 0. The third kappa shape index (κ3) is 2.63. The molecular formula is C11H11N5O3. The molecule has 0 radical (unpaired) electrons. The van der Waals surface area contributed by atoms with Gasteiger partial charge in [-0.25, -0.2) is 0 Å². The minimum Gasteiger partial charge on any atom is -0.508 e. The van der Waals surface area contributed by atoms with Crippen LogP contribution >= 0.6 is 0 Å². The molecule has 8 heteroatoms. The first-order valence-corrected chi connectivity index (χ1v) is 5.23. The van der Waals surface area contributed by atoms with Gasteiger partial charge in [-0.1, -0.05) is 5.16 Å². The Kier molecular flexibility index (Phi) is 3.33. The zero-order chi connectivity index (χ0) is 13.8. The van der Waals surface area contributed by atoms with E-state index in [0.717, 1.165) is 0 Å². The standard InChI is InChI=1S/C11H11N5O3/c12-9(16-19)8-5-13-15-10(8)14-11(18)6-1-3-7(17)4-2-6/h1-5,17,19H,(H2,12,16)(H2,13,14,15,18). The van der Waals surface area contributed by atoms with Crippen LogP contribution in [0.2, 0.25) is 0 Å². The molecule has 2 aromatic rings. The van der Waals surface area contributed by atoms with Crippen LogP contribution < -0.4 is 11.1 Å². The number of hydrogen-bond donors (Lipinski definition) is 5. The zero-order valence-corrected chi connectivity index (χ0v) is 9.66. The number of phenolic OH excluding ortho intramolecular Hbond substituents is 1. The number of anilines is 1. The van der Waals surface area contributed by atoms with Crippen LogP contribution in [0.5, 0.6) is 5.75 Å². The number of phenols is 1. The monoisotopic (exact) mass is 261 g/mol. The maximum atomic E-state index is 11.9. The van der Waals surface area contributed by atoms with Crippen molar-refractivity contribution >= 4 is 17.6 Å². The summed E-state index contributed by atoms with van der Waals surface area (Å²) in [6.07, 6.45) is 1.32. The van der Waals surface area contributed by atoms with Crippen molar-refractivity contribution in [2.75, 3.05) is 5.32 Å². The Balaban J connectivity index is 2.20. The molecular weight excluding hydrogens is 250 g/mol. The summed E-state index contributed by atoms with van der Waals surface area (Å²) in [5.74, 6) is -0.310. The third-order valence-electron chi connectivity index (χ3n) is 2.39. The molecule has 0 saturated heterocycles. The maximum absolute atomic E-state index is 11.9. The number of rotatable bonds is 3. The minimum atomic E-state index is -0.420. The Morgan fingerprint density at radius 2 is 2.05 bits per heavy atom. The van der Waals surface area contributed by atoms with E-state index in [1.807, 2.05) is 0 Å². The lowest BCUT2D eigenvalue weighted by atomic mass is 10.2. The van der Waals surface area contributed by atoms with E-state index in [0.29, 0.717) is 5.56 Å². The van der Waals surface area contributed by atoms with Crippen molar-refractivity contribution in [3.63, 3.8) is 0 Å². The molecule has 0 aliphatic carbocycles. The van der Waals surface area contributed by atoms with Gasteiger partial charge < -0.3 is 21.4 Å². The van der Waals surface area contributed by atoms with Crippen LogP contribution in [0.25, 0.3) is 0 Å². The average Bonchev–Trinajstić information content (AvgIpc) is 2.86. The lowest BCUT2D eigenvalue weighted by molar-refractivity contribution is 0.102. The molecule has 19 heavy (non-hydrogen) atoms. The van der Waals surface area contributed by atoms with Gasteiger partial charge in [0.1, 0.15) is 11.6 Å². The number of benzene rings is 1. The summed E-state index contributed by atoms with van der Waals surface area (Å²) >= 11 is 0. The number of nitrogens with two attached hydrogens (primary N) is 1. The molecule has 8 nitrogen and oxygen atoms in total. The number of aromatic amines is 1. The van der Waals surface area contributed by atoms with Gasteiger partial charge in [-0.05, 0) is 24.3 Å². The quantitative estimate of drug-likeness (QED) is 0.236. The molecule has 1 heterocycles. The number of amides is 1. The molecule has 1 amide bonds. The lowest BCUT2D eigenvalue weighted by Crippen LogP contribution is -2.18. The molecule has 1 aromatic carbocycles. The van der Waals surface area contributed by atoms with Crippen LogP contribution in [0.15, 0.2) is 35.6 Å². The second kappa shape index (κ2) is 5.08. The highest BCUT2D eigenvalue weighted by Gasteiger charge is 2.13. The van der Waals surface area contributed by atoms with Crippen LogP contribution in [-0.4, -0.2) is 32.3 Å². The average molecular weight is 261 g/mol. The third-order valence-corrected chi connectivity index (χ3v) is 2.39. The van der Waals surface area contributed by atoms with E-state index < -0.39 is 5.91 Å². The molecule has 0 spiro atoms. The molecule has 1 aromatic heterocycles. The number of oxime groups is 1. The van der Waals surface area contributed by atoms with Crippen molar-refractivity contribution in [2.24, 2.45) is 10.9 Å². The molecule has 0 fully saturated rings. The van der Waals surface area contributed by atoms with Crippen LogP contribution in [0.1, 0.15) is 15.9 Å². The van der Waals surface area contributed by atoms with Gasteiger partial charge in [-0.15, -0.1) is 0 Å². The van der Waals surface area contributed by atoms with Gasteiger partial charge in [0.05, 0.1) is 11.8 Å². The normalized spacial score (nSPS) is 11.3. The first kappa shape index (κ1) is 12.4. The molecule has 0 aliphatic heterocycles. The molecule has 0 saturated carbocycles. The summed E-state index contributed by atoms with van der Waals surface area (Å²) in [5, 5.41) is 29.3. The molecule has 0 aliphatic rings. The number of hydrogen-bond acceptors (Lipinski definition) is 5. The fraction of sp³-hybridized carbons (Fsp3) is 0. The van der Waals surface area contributed by atoms with E-state index in [2.05, 4.69) is 20.7 Å². The number of aromatic nitrogens is 2. The second-order valence-electron chi connectivity index (χ2n) is 3.64. The predicted octanol–water partition coefficient (Wildman–Crippen LogP) is 0.462. The van der Waals surface area contributed by atoms with Crippen LogP contribution in [0, 0.1) is 0 Å². The number of amidine groups is 1. The van der Waals surface area contributed by atoms with Crippen molar-refractivity contribution in [2.45, 2.75) is 0 Å². The second-order valence-corrected chi connectivity index (χ2v) is 3.64. The first-order chi connectivity index (χ1) is 9.11. The number of H-pyrrole nitrogens is 1. The van der Waals surface area contributed by atoms with Crippen molar-refractivity contribution < 1.29 is 15.1 Å². The highest BCUT2D eigenvalue weighted by molar-refractivity contribution is 6.08. The van der Waals surface area contributed by atoms with Gasteiger partial charge in [0.15, 0.2) is 5.84 Å². The Hall–Kier alpha value is -3.03. The summed E-state index contributed by atoms with van der Waals surface area (Å²) in [7, 11) is 0. The van der Waals surface area contributed by atoms with Crippen LogP contribution in [-0.2, 0) is 0 Å². The first-order valence-electron chi connectivity index (χ1n) is 5.23. The van der Waals surface area contributed by atoms with E-state index in [4.69, 9.17) is 16.0 Å². The summed E-state index contributed by atoms with van der Waals surface area (Å²) < 4.78 is 0. The highest BCUT2D eigenvalue weighted by Crippen LogP contribution is 2.14. The van der Waals surface area contributed by atoms with Gasteiger partial charge in [0.25, 0.3) is 5.91 Å². The van der Waals surface area contributed by atoms with Crippen LogP contribution in [0.4, 0.5) is 5.82 Å². The summed E-state index contributed by atoms with van der Waals surface area (Å²) in [5.41, 5.74) is 6.05. The molecule has 0 bridgehead atoms. The Morgan fingerprint density at radius 1 is 1.37 bits per heavy atom. The predicted molar refractivity (Wildman–Crippen MR) is 67.2 cm³/mol. The van der Waals surface area contributed by atoms with E-state index in [1.165, 1.54) is 30.5 Å². The van der Waals surface area contributed by atoms with E-state index in [-0.39, 0.29) is 23.0 Å². The molecule has 0 atom stereocenters. The number of carbonyl (C=O) groups is 1. The summed E-state index contributed by atoms with van der Waals surface area (Å²) in [6, 6.07) is 5.72. The van der Waals surface area contributed by atoms with Crippen LogP contribution in [0.3, 0.4) is 0 Å². The topological polar surface area (TPSA) is 137 Å². The molecule has 2 rings (SSSR count). The van der Waals surface area contributed by atoms with Crippen molar-refractivity contribution in [3.8, 4) is 5.75 Å². The Labute approximate surface area is 107 Å². The largest absolute Gasteiger partial charge is 0.508 e. The fourth-order valence-electron chi connectivity index (χ4n) is 1.43. The van der Waals surface area contributed by atoms with E-state index in [1.54, 1.807) is 0 Å². The van der Waals surface area contributed by atoms with Crippen molar-refractivity contribution in [1.82, 2.24) is 10.2 Å². The van der Waals surface area contributed by atoms with Gasteiger partial charge in [0.2, 0.25) is 0 Å². The van der Waals surface area contributed by atoms with E-state index >= 15 is 0 Å². The smallest absolute Gasteiger partial charge is 0.256 e. The lowest BCUT2D eigenvalue weighted by Gasteiger charge is -2.05. The maximum Gasteiger partial charge on any atom is 0.256 e. The van der Waals surface area contributed by atoms with E-state index in [9.17, 15) is 4.79 Å². The number of nitrogens with one attached hydrogen (secondary N) is 2. The Morgan fingerprint density at radius 3 is 2.68 bits per heavy atom. The van der Waals surface area contributed by atoms with Gasteiger partial charge in [-0.2, -0.15) is 5.10 Å². The van der Waals surface area contributed by atoms with Gasteiger partial charge in [0, 0.05) is 5.56 Å². The number of carbonyl (C=O) groups excluding carboxylic acids is 1. The highest BCUT2D eigenvalue weighted by atomic mass is 16.4. The number of nitrogens with zero attached hydrogens (tertiary/aromatic N) is 2.